The van der Waals surface area contributed by atoms with Gasteiger partial charge in [0.1, 0.15) is 0 Å². The minimum Gasteiger partial charge on any atom is -0.318 e. The van der Waals surface area contributed by atoms with Crippen molar-refractivity contribution in [1.82, 2.24) is 4.37 Å². The summed E-state index contributed by atoms with van der Waals surface area (Å²) in [6.45, 7) is 0. The van der Waals surface area contributed by atoms with E-state index in [1.807, 2.05) is 22.9 Å². The molecule has 0 amide bonds. The number of nitrogens with two attached hydrogens (primary N) is 1. The average Bonchev–Trinajstić information content (AvgIpc) is 2.72. The molecule has 1 atom stereocenters. The number of aromatic nitrogens is 1. The predicted molar refractivity (Wildman–Crippen MR) is 60.2 cm³/mol. The summed E-state index contributed by atoms with van der Waals surface area (Å²) in [7, 11) is 0. The van der Waals surface area contributed by atoms with Gasteiger partial charge in [0.15, 0.2) is 0 Å². The van der Waals surface area contributed by atoms with Crippen molar-refractivity contribution in [2.24, 2.45) is 5.73 Å². The molecule has 2 nitrogen and oxygen atoms in total. The van der Waals surface area contributed by atoms with Crippen LogP contribution in [-0.4, -0.2) is 4.37 Å². The molecule has 2 N–H and O–H groups in total. The van der Waals surface area contributed by atoms with Crippen molar-refractivity contribution in [2.75, 3.05) is 0 Å². The second-order valence-corrected chi connectivity index (χ2v) is 5.00. The Morgan fingerprint density at radius 1 is 1.38 bits per heavy atom. The zero-order chi connectivity index (χ0) is 9.26. The molecule has 2 heterocycles. The van der Waals surface area contributed by atoms with Crippen LogP contribution in [0.1, 0.15) is 16.6 Å². The van der Waals surface area contributed by atoms with Gasteiger partial charge in [-0.3, -0.25) is 0 Å². The maximum Gasteiger partial charge on any atom is 0.0842 e. The molecule has 1 unspecified atom stereocenters. The Morgan fingerprint density at radius 3 is 2.77 bits per heavy atom. The number of hydrogen-bond acceptors (Lipinski definition) is 4. The van der Waals surface area contributed by atoms with Crippen LogP contribution in [0.15, 0.2) is 27.4 Å². The van der Waals surface area contributed by atoms with Crippen LogP contribution in [0.2, 0.25) is 0 Å². The minimum atomic E-state index is -0.0966. The van der Waals surface area contributed by atoms with E-state index in [0.717, 1.165) is 15.0 Å². The lowest BCUT2D eigenvalue weighted by atomic mass is 10.2. The van der Waals surface area contributed by atoms with Gasteiger partial charge in [0, 0.05) is 14.7 Å². The van der Waals surface area contributed by atoms with Crippen LogP contribution in [0, 0.1) is 0 Å². The van der Waals surface area contributed by atoms with Crippen LogP contribution >= 0.6 is 38.8 Å². The first-order valence-corrected chi connectivity index (χ1v) is 6.18. The second-order valence-electron chi connectivity index (χ2n) is 2.53. The topological polar surface area (TPSA) is 38.9 Å². The molecule has 5 heteroatoms. The molecule has 0 spiro atoms. The summed E-state index contributed by atoms with van der Waals surface area (Å²) in [5.74, 6) is 0. The first kappa shape index (κ1) is 9.33. The Kier molecular flexibility index (Phi) is 2.78. The summed E-state index contributed by atoms with van der Waals surface area (Å²) in [5, 5.41) is 3.96. The summed E-state index contributed by atoms with van der Waals surface area (Å²) in [6.07, 6.45) is 0. The third kappa shape index (κ3) is 1.83. The predicted octanol–water partition coefficient (Wildman–Crippen LogP) is 3.02. The Labute approximate surface area is 92.7 Å². The largest absolute Gasteiger partial charge is 0.318 e. The molecule has 0 fully saturated rings. The number of rotatable bonds is 2. The molecule has 2 aromatic heterocycles. The van der Waals surface area contributed by atoms with Crippen molar-refractivity contribution in [3.8, 4) is 0 Å². The first-order valence-electron chi connectivity index (χ1n) is 3.68. The van der Waals surface area contributed by atoms with Crippen LogP contribution in [0.4, 0.5) is 0 Å². The first-order chi connectivity index (χ1) is 6.29. The van der Waals surface area contributed by atoms with Crippen molar-refractivity contribution in [1.29, 1.82) is 0 Å². The Balaban J connectivity index is 2.33. The maximum absolute atomic E-state index is 6.03. The van der Waals surface area contributed by atoms with Crippen molar-refractivity contribution < 1.29 is 0 Å². The molecule has 0 radical (unpaired) electrons. The number of hydrogen-bond donors (Lipinski definition) is 1. The third-order valence-electron chi connectivity index (χ3n) is 1.70. The third-order valence-corrected chi connectivity index (χ3v) is 4.23. The Bertz CT molecular complexity index is 383. The molecule has 0 bridgehead atoms. The normalized spacial score (nSPS) is 13.1. The highest BCUT2D eigenvalue weighted by Crippen LogP contribution is 2.30. The maximum atomic E-state index is 6.03. The highest BCUT2D eigenvalue weighted by molar-refractivity contribution is 9.10. The highest BCUT2D eigenvalue weighted by Gasteiger charge is 2.14. The molecule has 2 rings (SSSR count). The minimum absolute atomic E-state index is 0.0966. The standard InChI is InChI=1S/C8H7BrN2S2/c9-5-1-3-12-8(5)7(10)6-2-4-13-11-6/h1-4,7H,10H2. The Morgan fingerprint density at radius 2 is 2.23 bits per heavy atom. The van der Waals surface area contributed by atoms with Gasteiger partial charge < -0.3 is 5.73 Å². The molecule has 68 valence electrons. The molecule has 0 saturated carbocycles. The molecule has 0 aliphatic heterocycles. The van der Waals surface area contributed by atoms with E-state index >= 15 is 0 Å². The number of thiophene rings is 1. The van der Waals surface area contributed by atoms with Gasteiger partial charge in [-0.15, -0.1) is 11.3 Å². The molecule has 0 aliphatic carbocycles. The number of halogens is 1. The van der Waals surface area contributed by atoms with Gasteiger partial charge in [0.05, 0.1) is 11.7 Å². The van der Waals surface area contributed by atoms with Gasteiger partial charge in [-0.25, -0.2) is 0 Å². The molecule has 0 saturated heterocycles. The van der Waals surface area contributed by atoms with Crippen molar-refractivity contribution in [2.45, 2.75) is 6.04 Å². The molecule has 0 aromatic carbocycles. The molecular formula is C8H7BrN2S2. The quantitative estimate of drug-likeness (QED) is 0.915. The van der Waals surface area contributed by atoms with E-state index in [1.165, 1.54) is 11.5 Å². The van der Waals surface area contributed by atoms with Crippen molar-refractivity contribution >= 4 is 38.8 Å². The van der Waals surface area contributed by atoms with Crippen LogP contribution in [-0.2, 0) is 0 Å². The van der Waals surface area contributed by atoms with E-state index in [2.05, 4.69) is 20.3 Å². The van der Waals surface area contributed by atoms with Gasteiger partial charge in [0.25, 0.3) is 0 Å². The van der Waals surface area contributed by atoms with Gasteiger partial charge in [-0.2, -0.15) is 4.37 Å². The SMILES string of the molecule is NC(c1ccsn1)c1sccc1Br. The van der Waals surface area contributed by atoms with E-state index in [4.69, 9.17) is 5.73 Å². The van der Waals surface area contributed by atoms with E-state index < -0.39 is 0 Å². The summed E-state index contributed by atoms with van der Waals surface area (Å²) in [6, 6.07) is 3.87. The smallest absolute Gasteiger partial charge is 0.0842 e. The molecular weight excluding hydrogens is 268 g/mol. The van der Waals surface area contributed by atoms with Crippen LogP contribution in [0.25, 0.3) is 0 Å². The number of nitrogens with zero attached hydrogens (tertiary/aromatic N) is 1. The molecule has 0 aliphatic rings. The summed E-state index contributed by atoms with van der Waals surface area (Å²) in [4.78, 5) is 1.13. The monoisotopic (exact) mass is 274 g/mol. The average molecular weight is 275 g/mol. The van der Waals surface area contributed by atoms with Crippen LogP contribution in [0.5, 0.6) is 0 Å². The lowest BCUT2D eigenvalue weighted by Crippen LogP contribution is -2.10. The fourth-order valence-electron chi connectivity index (χ4n) is 1.04. The zero-order valence-electron chi connectivity index (χ0n) is 6.61. The van der Waals surface area contributed by atoms with E-state index in [9.17, 15) is 0 Å². The molecule has 13 heavy (non-hydrogen) atoms. The van der Waals surface area contributed by atoms with Crippen molar-refractivity contribution in [3.05, 3.63) is 37.9 Å². The molecule has 2 aromatic rings. The van der Waals surface area contributed by atoms with E-state index in [-0.39, 0.29) is 6.04 Å². The highest BCUT2D eigenvalue weighted by atomic mass is 79.9. The fraction of sp³-hybridized carbons (Fsp3) is 0.125. The lowest BCUT2D eigenvalue weighted by molar-refractivity contribution is 0.862. The zero-order valence-corrected chi connectivity index (χ0v) is 9.82. The van der Waals surface area contributed by atoms with E-state index in [1.54, 1.807) is 11.3 Å². The fourth-order valence-corrected chi connectivity index (χ4v) is 3.23. The van der Waals surface area contributed by atoms with Gasteiger partial charge in [-0.05, 0) is 45.0 Å². The van der Waals surface area contributed by atoms with E-state index in [0.29, 0.717) is 0 Å². The lowest BCUT2D eigenvalue weighted by Gasteiger charge is -2.06. The second kappa shape index (κ2) is 3.88. The summed E-state index contributed by atoms with van der Waals surface area (Å²) in [5.41, 5.74) is 6.97. The Hall–Kier alpha value is -0.230. The van der Waals surface area contributed by atoms with Gasteiger partial charge >= 0.3 is 0 Å². The summed E-state index contributed by atoms with van der Waals surface area (Å²) < 4.78 is 5.28. The summed E-state index contributed by atoms with van der Waals surface area (Å²) >= 11 is 6.54. The van der Waals surface area contributed by atoms with Gasteiger partial charge in [-0.1, -0.05) is 0 Å². The van der Waals surface area contributed by atoms with Crippen LogP contribution < -0.4 is 5.73 Å². The van der Waals surface area contributed by atoms with Crippen molar-refractivity contribution in [3.63, 3.8) is 0 Å². The van der Waals surface area contributed by atoms with Crippen LogP contribution in [0.3, 0.4) is 0 Å². The van der Waals surface area contributed by atoms with Gasteiger partial charge in [0.2, 0.25) is 0 Å².